The molecule has 2 aromatic heterocycles. The van der Waals surface area contributed by atoms with Crippen LogP contribution in [0.5, 0.6) is 0 Å². The highest BCUT2D eigenvalue weighted by atomic mass is 16.1. The Labute approximate surface area is 153 Å². The molecule has 1 atom stereocenters. The first-order valence-corrected chi connectivity index (χ1v) is 9.14. The third kappa shape index (κ3) is 3.17. The number of hydrogen-bond acceptors (Lipinski definition) is 2. The Kier molecular flexibility index (Phi) is 4.15. The number of benzene rings is 1. The third-order valence-corrected chi connectivity index (χ3v) is 5.00. The fourth-order valence-electron chi connectivity index (χ4n) is 3.44. The molecular formula is C21H24N4O. The zero-order chi connectivity index (χ0) is 18.3. The molecule has 2 N–H and O–H groups in total. The highest BCUT2D eigenvalue weighted by Crippen LogP contribution is 2.40. The van der Waals surface area contributed by atoms with Crippen LogP contribution in [0.1, 0.15) is 64.7 Å². The molecule has 134 valence electrons. The van der Waals surface area contributed by atoms with Crippen molar-refractivity contribution in [2.45, 2.75) is 45.6 Å². The van der Waals surface area contributed by atoms with E-state index in [1.807, 2.05) is 49.8 Å². The molecule has 0 unspecified atom stereocenters. The number of H-pyrrole nitrogens is 1. The largest absolute Gasteiger partial charge is 0.364 e. The Bertz CT molecular complexity index is 931. The van der Waals surface area contributed by atoms with E-state index in [4.69, 9.17) is 0 Å². The third-order valence-electron chi connectivity index (χ3n) is 5.00. The van der Waals surface area contributed by atoms with Crippen LogP contribution in [0.3, 0.4) is 0 Å². The summed E-state index contributed by atoms with van der Waals surface area (Å²) in [5.74, 6) is 0.518. The number of rotatable bonds is 5. The highest BCUT2D eigenvalue weighted by Gasteiger charge is 2.29. The zero-order valence-electron chi connectivity index (χ0n) is 15.4. The average Bonchev–Trinajstić information content (AvgIpc) is 3.25. The Morgan fingerprint density at radius 2 is 1.96 bits per heavy atom. The fourth-order valence-corrected chi connectivity index (χ4v) is 3.44. The number of carbonyl (C=O) groups excluding carboxylic acids is 1. The van der Waals surface area contributed by atoms with Crippen molar-refractivity contribution < 1.29 is 4.79 Å². The molecule has 1 aromatic carbocycles. The van der Waals surface area contributed by atoms with Crippen LogP contribution in [0.15, 0.2) is 42.6 Å². The Morgan fingerprint density at radius 3 is 2.58 bits per heavy atom. The van der Waals surface area contributed by atoms with Gasteiger partial charge in [0.1, 0.15) is 0 Å². The number of aryl methyl sites for hydroxylation is 2. The minimum Gasteiger partial charge on any atom is -0.364 e. The topological polar surface area (TPSA) is 62.7 Å². The summed E-state index contributed by atoms with van der Waals surface area (Å²) in [5.41, 5.74) is 6.07. The Morgan fingerprint density at radius 1 is 1.23 bits per heavy atom. The van der Waals surface area contributed by atoms with E-state index in [0.717, 1.165) is 33.9 Å². The van der Waals surface area contributed by atoms with Gasteiger partial charge in [0, 0.05) is 17.6 Å². The van der Waals surface area contributed by atoms with Gasteiger partial charge < -0.3 is 10.3 Å². The van der Waals surface area contributed by atoms with Crippen LogP contribution in [-0.2, 0) is 0 Å². The van der Waals surface area contributed by atoms with Gasteiger partial charge in [0.25, 0.3) is 5.91 Å². The lowest BCUT2D eigenvalue weighted by molar-refractivity contribution is 0.0939. The van der Waals surface area contributed by atoms with E-state index in [1.165, 1.54) is 12.8 Å². The number of hydrogen-bond donors (Lipinski definition) is 2. The van der Waals surface area contributed by atoms with Gasteiger partial charge in [0.05, 0.1) is 23.0 Å². The molecule has 0 radical (unpaired) electrons. The van der Waals surface area contributed by atoms with Crippen LogP contribution < -0.4 is 5.32 Å². The van der Waals surface area contributed by atoms with Gasteiger partial charge in [-0.2, -0.15) is 5.10 Å². The normalized spacial score (nSPS) is 15.0. The quantitative estimate of drug-likeness (QED) is 0.726. The molecule has 2 heterocycles. The Balaban J connectivity index is 1.48. The lowest BCUT2D eigenvalue weighted by Gasteiger charge is -2.15. The average molecular weight is 348 g/mol. The summed E-state index contributed by atoms with van der Waals surface area (Å²) < 4.78 is 1.93. The molecule has 0 saturated heterocycles. The molecule has 5 heteroatoms. The summed E-state index contributed by atoms with van der Waals surface area (Å²) in [6, 6.07) is 12.1. The standard InChI is InChI=1S/C21H24N4O/c1-13-12-14(2)25(24-13)18-8-6-16(7-9-18)15(3)23-21(26)19-10-11-22-20(19)17-4-5-17/h6-12,15,17,22H,4-5H2,1-3H3,(H,23,26)/t15-/m1/s1. The monoisotopic (exact) mass is 348 g/mol. The summed E-state index contributed by atoms with van der Waals surface area (Å²) >= 11 is 0. The lowest BCUT2D eigenvalue weighted by Crippen LogP contribution is -2.27. The fraction of sp³-hybridized carbons (Fsp3) is 0.333. The molecule has 1 aliphatic rings. The van der Waals surface area contributed by atoms with Crippen LogP contribution in [0.4, 0.5) is 0 Å². The van der Waals surface area contributed by atoms with Gasteiger partial charge in [-0.1, -0.05) is 12.1 Å². The first kappa shape index (κ1) is 16.6. The van der Waals surface area contributed by atoms with Crippen LogP contribution in [0, 0.1) is 13.8 Å². The number of aromatic nitrogens is 3. The molecule has 0 spiro atoms. The van der Waals surface area contributed by atoms with Crippen molar-refractivity contribution in [3.05, 3.63) is 70.8 Å². The summed E-state index contributed by atoms with van der Waals surface area (Å²) in [6.07, 6.45) is 4.20. The van der Waals surface area contributed by atoms with Crippen molar-refractivity contribution in [3.8, 4) is 5.69 Å². The molecule has 0 bridgehead atoms. The van der Waals surface area contributed by atoms with E-state index in [0.29, 0.717) is 5.92 Å². The van der Waals surface area contributed by atoms with E-state index in [2.05, 4.69) is 33.6 Å². The van der Waals surface area contributed by atoms with E-state index in [9.17, 15) is 4.79 Å². The maximum Gasteiger partial charge on any atom is 0.253 e. The maximum absolute atomic E-state index is 12.6. The smallest absolute Gasteiger partial charge is 0.253 e. The van der Waals surface area contributed by atoms with Crippen LogP contribution in [0.25, 0.3) is 5.69 Å². The second-order valence-electron chi connectivity index (χ2n) is 7.20. The van der Waals surface area contributed by atoms with Crippen molar-refractivity contribution >= 4 is 5.91 Å². The molecule has 5 nitrogen and oxygen atoms in total. The van der Waals surface area contributed by atoms with Gasteiger partial charge in [-0.25, -0.2) is 4.68 Å². The zero-order valence-corrected chi connectivity index (χ0v) is 15.4. The van der Waals surface area contributed by atoms with Crippen LogP contribution in [-0.4, -0.2) is 20.7 Å². The molecule has 26 heavy (non-hydrogen) atoms. The van der Waals surface area contributed by atoms with Gasteiger partial charge in [-0.15, -0.1) is 0 Å². The summed E-state index contributed by atoms with van der Waals surface area (Å²) in [5, 5.41) is 7.63. The molecule has 1 fully saturated rings. The number of aromatic amines is 1. The minimum atomic E-state index is -0.0565. The minimum absolute atomic E-state index is 0.0109. The number of carbonyl (C=O) groups is 1. The lowest BCUT2D eigenvalue weighted by atomic mass is 10.1. The van der Waals surface area contributed by atoms with Gasteiger partial charge in [-0.3, -0.25) is 4.79 Å². The van der Waals surface area contributed by atoms with E-state index in [-0.39, 0.29) is 11.9 Å². The number of nitrogens with zero attached hydrogens (tertiary/aromatic N) is 2. The molecule has 4 rings (SSSR count). The van der Waals surface area contributed by atoms with Crippen molar-refractivity contribution in [2.75, 3.05) is 0 Å². The van der Waals surface area contributed by atoms with Gasteiger partial charge >= 0.3 is 0 Å². The first-order chi connectivity index (χ1) is 12.5. The van der Waals surface area contributed by atoms with Crippen molar-refractivity contribution in [3.63, 3.8) is 0 Å². The van der Waals surface area contributed by atoms with Crippen LogP contribution in [0.2, 0.25) is 0 Å². The van der Waals surface area contributed by atoms with Crippen molar-refractivity contribution in [2.24, 2.45) is 0 Å². The maximum atomic E-state index is 12.6. The molecule has 1 saturated carbocycles. The van der Waals surface area contributed by atoms with Gasteiger partial charge in [0.2, 0.25) is 0 Å². The van der Waals surface area contributed by atoms with Crippen molar-refractivity contribution in [1.29, 1.82) is 0 Å². The van der Waals surface area contributed by atoms with Crippen LogP contribution >= 0.6 is 0 Å². The van der Waals surface area contributed by atoms with Gasteiger partial charge in [-0.05, 0) is 69.4 Å². The van der Waals surface area contributed by atoms with E-state index in [1.54, 1.807) is 0 Å². The predicted molar refractivity (Wildman–Crippen MR) is 102 cm³/mol. The second kappa shape index (κ2) is 6.48. The summed E-state index contributed by atoms with van der Waals surface area (Å²) in [6.45, 7) is 6.05. The number of amides is 1. The van der Waals surface area contributed by atoms with Crippen molar-refractivity contribution in [1.82, 2.24) is 20.1 Å². The molecule has 1 amide bonds. The molecule has 0 aliphatic heterocycles. The summed E-state index contributed by atoms with van der Waals surface area (Å²) in [7, 11) is 0. The molecular weight excluding hydrogens is 324 g/mol. The Hall–Kier alpha value is -2.82. The van der Waals surface area contributed by atoms with Gasteiger partial charge in [0.15, 0.2) is 0 Å². The molecule has 3 aromatic rings. The first-order valence-electron chi connectivity index (χ1n) is 9.14. The second-order valence-corrected chi connectivity index (χ2v) is 7.20. The predicted octanol–water partition coefficient (Wildman–Crippen LogP) is 4.19. The summed E-state index contributed by atoms with van der Waals surface area (Å²) in [4.78, 5) is 15.9. The van der Waals surface area contributed by atoms with E-state index < -0.39 is 0 Å². The highest BCUT2D eigenvalue weighted by molar-refractivity contribution is 5.96. The SMILES string of the molecule is Cc1cc(C)n(-c2ccc([C@@H](C)NC(=O)c3cc[nH]c3C3CC3)cc2)n1. The molecule has 1 aliphatic carbocycles. The van der Waals surface area contributed by atoms with E-state index >= 15 is 0 Å². The number of nitrogens with one attached hydrogen (secondary N) is 2.